The Morgan fingerprint density at radius 2 is 2.24 bits per heavy atom. The molecule has 1 aromatic rings. The zero-order valence-corrected chi connectivity index (χ0v) is 13.3. The van der Waals surface area contributed by atoms with Crippen molar-refractivity contribution in [1.29, 1.82) is 0 Å². The van der Waals surface area contributed by atoms with Crippen LogP contribution in [0.1, 0.15) is 20.3 Å². The molecule has 4 nitrogen and oxygen atoms in total. The van der Waals surface area contributed by atoms with Crippen LogP contribution < -0.4 is 4.72 Å². The lowest BCUT2D eigenvalue weighted by Crippen LogP contribution is -2.48. The molecule has 2 N–H and O–H groups in total. The Bertz CT molecular complexity index is 477. The Kier molecular flexibility index (Phi) is 5.02. The molecule has 1 atom stereocenters. The molecule has 98 valence electrons. The predicted molar refractivity (Wildman–Crippen MR) is 73.1 cm³/mol. The minimum atomic E-state index is -3.65. The molecule has 1 aromatic heterocycles. The molecule has 0 radical (unpaired) electrons. The highest BCUT2D eigenvalue weighted by Gasteiger charge is 2.29. The van der Waals surface area contributed by atoms with Gasteiger partial charge in [0.2, 0.25) is 0 Å². The van der Waals surface area contributed by atoms with Crippen LogP contribution in [0.2, 0.25) is 5.02 Å². The van der Waals surface area contributed by atoms with Gasteiger partial charge in [-0.25, -0.2) is 13.1 Å². The van der Waals surface area contributed by atoms with Crippen molar-refractivity contribution in [2.75, 3.05) is 6.61 Å². The summed E-state index contributed by atoms with van der Waals surface area (Å²) in [4.78, 5) is 0. The molecular weight excluding hydrogens is 350 g/mol. The maximum absolute atomic E-state index is 12.0. The van der Waals surface area contributed by atoms with Crippen LogP contribution in [0.4, 0.5) is 0 Å². The van der Waals surface area contributed by atoms with Crippen molar-refractivity contribution in [3.05, 3.63) is 14.9 Å². The molecule has 0 spiro atoms. The van der Waals surface area contributed by atoms with Crippen LogP contribution in [0, 0.1) is 0 Å². The van der Waals surface area contributed by atoms with E-state index in [1.54, 1.807) is 13.8 Å². The first kappa shape index (κ1) is 15.4. The summed E-state index contributed by atoms with van der Waals surface area (Å²) < 4.78 is 27.3. The minimum Gasteiger partial charge on any atom is -0.394 e. The molecule has 0 aromatic carbocycles. The van der Waals surface area contributed by atoms with E-state index in [1.807, 2.05) is 0 Å². The van der Waals surface area contributed by atoms with Gasteiger partial charge in [-0.15, -0.1) is 11.3 Å². The first-order valence-corrected chi connectivity index (χ1v) is 8.31. The molecule has 17 heavy (non-hydrogen) atoms. The first-order chi connectivity index (χ1) is 7.74. The van der Waals surface area contributed by atoms with Gasteiger partial charge in [0.25, 0.3) is 10.0 Å². The average Bonchev–Trinajstić information content (AvgIpc) is 2.59. The maximum Gasteiger partial charge on any atom is 0.250 e. The highest BCUT2D eigenvalue weighted by atomic mass is 79.9. The summed E-state index contributed by atoms with van der Waals surface area (Å²) in [6.45, 7) is 3.19. The van der Waals surface area contributed by atoms with E-state index in [0.29, 0.717) is 15.2 Å². The van der Waals surface area contributed by atoms with E-state index in [4.69, 9.17) is 11.6 Å². The van der Waals surface area contributed by atoms with Gasteiger partial charge >= 0.3 is 0 Å². The van der Waals surface area contributed by atoms with Gasteiger partial charge in [-0.1, -0.05) is 18.5 Å². The number of halogens is 2. The SMILES string of the molecule is CCC(C)(CO)NS(=O)(=O)c1cc(Cl)c(Br)s1. The van der Waals surface area contributed by atoms with Crippen LogP contribution in [-0.2, 0) is 10.0 Å². The molecule has 0 saturated heterocycles. The summed E-state index contributed by atoms with van der Waals surface area (Å²) in [7, 11) is -3.65. The Hall–Kier alpha value is 0.340. The van der Waals surface area contributed by atoms with Gasteiger partial charge in [0.05, 0.1) is 21.0 Å². The van der Waals surface area contributed by atoms with Crippen molar-refractivity contribution in [2.45, 2.75) is 30.0 Å². The lowest BCUT2D eigenvalue weighted by molar-refractivity contribution is 0.191. The maximum atomic E-state index is 12.0. The first-order valence-electron chi connectivity index (χ1n) is 4.84. The monoisotopic (exact) mass is 361 g/mol. The van der Waals surface area contributed by atoms with Gasteiger partial charge in [-0.2, -0.15) is 0 Å². The molecule has 8 heteroatoms. The molecule has 0 aliphatic rings. The molecule has 0 aliphatic carbocycles. The van der Waals surface area contributed by atoms with Crippen molar-refractivity contribution in [3.8, 4) is 0 Å². The van der Waals surface area contributed by atoms with Gasteiger partial charge < -0.3 is 5.11 Å². The average molecular weight is 363 g/mol. The van der Waals surface area contributed by atoms with E-state index in [-0.39, 0.29) is 10.8 Å². The third-order valence-corrected chi connectivity index (χ3v) is 6.98. The third-order valence-electron chi connectivity index (χ3n) is 2.40. The van der Waals surface area contributed by atoms with Gasteiger partial charge in [0.15, 0.2) is 0 Å². The molecule has 0 saturated carbocycles. The summed E-state index contributed by atoms with van der Waals surface area (Å²) >= 11 is 10.00. The summed E-state index contributed by atoms with van der Waals surface area (Å²) in [6, 6.07) is 1.38. The van der Waals surface area contributed by atoms with Crippen molar-refractivity contribution >= 4 is 48.9 Å². The molecule has 0 bridgehead atoms. The van der Waals surface area contributed by atoms with Crippen LogP contribution in [0.15, 0.2) is 14.1 Å². The van der Waals surface area contributed by atoms with Crippen molar-refractivity contribution in [1.82, 2.24) is 4.72 Å². The second-order valence-electron chi connectivity index (χ2n) is 3.86. The Morgan fingerprint density at radius 3 is 2.59 bits per heavy atom. The van der Waals surface area contributed by atoms with E-state index >= 15 is 0 Å². The molecule has 1 unspecified atom stereocenters. The van der Waals surface area contributed by atoms with Crippen LogP contribution in [0.25, 0.3) is 0 Å². The fourth-order valence-corrected chi connectivity index (χ4v) is 4.92. The van der Waals surface area contributed by atoms with Gasteiger partial charge in [-0.3, -0.25) is 0 Å². The summed E-state index contributed by atoms with van der Waals surface area (Å²) in [5, 5.41) is 9.56. The quantitative estimate of drug-likeness (QED) is 0.846. The van der Waals surface area contributed by atoms with Crippen LogP contribution in [0.5, 0.6) is 0 Å². The summed E-state index contributed by atoms with van der Waals surface area (Å²) in [5.41, 5.74) is -0.859. The zero-order valence-electron chi connectivity index (χ0n) is 9.33. The van der Waals surface area contributed by atoms with Crippen molar-refractivity contribution in [3.63, 3.8) is 0 Å². The number of hydrogen-bond acceptors (Lipinski definition) is 4. The molecular formula is C9H13BrClNO3S2. The molecule has 0 fully saturated rings. The highest BCUT2D eigenvalue weighted by Crippen LogP contribution is 2.35. The smallest absolute Gasteiger partial charge is 0.250 e. The van der Waals surface area contributed by atoms with E-state index in [9.17, 15) is 13.5 Å². The van der Waals surface area contributed by atoms with Crippen molar-refractivity contribution < 1.29 is 13.5 Å². The number of aliphatic hydroxyl groups excluding tert-OH is 1. The summed E-state index contributed by atoms with van der Waals surface area (Å²) in [5.74, 6) is 0. The predicted octanol–water partition coefficient (Wildman–Crippen LogP) is 2.60. The molecule has 0 aliphatic heterocycles. The number of sulfonamides is 1. The third kappa shape index (κ3) is 3.65. The molecule has 1 heterocycles. The standard InChI is InChI=1S/C9H13BrClNO3S2/c1-3-9(2,5-13)12-17(14,15)7-4-6(11)8(10)16-7/h4,12-13H,3,5H2,1-2H3. The highest BCUT2D eigenvalue weighted by molar-refractivity contribution is 9.11. The van der Waals surface area contributed by atoms with Crippen LogP contribution >= 0.6 is 38.9 Å². The lowest BCUT2D eigenvalue weighted by atomic mass is 10.0. The van der Waals surface area contributed by atoms with Crippen LogP contribution in [0.3, 0.4) is 0 Å². The fourth-order valence-electron chi connectivity index (χ4n) is 1.05. The fraction of sp³-hybridized carbons (Fsp3) is 0.556. The number of aliphatic hydroxyl groups is 1. The van der Waals surface area contributed by atoms with E-state index in [1.165, 1.54) is 6.07 Å². The Labute approximate surface area is 118 Å². The minimum absolute atomic E-state index is 0.127. The van der Waals surface area contributed by atoms with Gasteiger partial charge in [-0.05, 0) is 35.3 Å². The number of hydrogen-bond donors (Lipinski definition) is 2. The second-order valence-corrected chi connectivity index (χ2v) is 8.55. The Morgan fingerprint density at radius 1 is 1.65 bits per heavy atom. The number of nitrogens with one attached hydrogen (secondary N) is 1. The lowest BCUT2D eigenvalue weighted by Gasteiger charge is -2.26. The van der Waals surface area contributed by atoms with E-state index in [0.717, 1.165) is 11.3 Å². The Balaban J connectivity index is 3.04. The normalized spacial score (nSPS) is 15.8. The largest absolute Gasteiger partial charge is 0.394 e. The van der Waals surface area contributed by atoms with E-state index < -0.39 is 15.6 Å². The van der Waals surface area contributed by atoms with Gasteiger partial charge in [0, 0.05) is 0 Å². The van der Waals surface area contributed by atoms with Crippen molar-refractivity contribution in [2.24, 2.45) is 0 Å². The van der Waals surface area contributed by atoms with E-state index in [2.05, 4.69) is 20.7 Å². The zero-order chi connectivity index (χ0) is 13.3. The van der Waals surface area contributed by atoms with Crippen LogP contribution in [-0.4, -0.2) is 25.7 Å². The van der Waals surface area contributed by atoms with Gasteiger partial charge in [0.1, 0.15) is 4.21 Å². The second kappa shape index (κ2) is 5.54. The topological polar surface area (TPSA) is 66.4 Å². The molecule has 1 rings (SSSR count). The summed E-state index contributed by atoms with van der Waals surface area (Å²) in [6.07, 6.45) is 0.489. The number of thiophene rings is 1. The number of rotatable bonds is 5. The molecule has 0 amide bonds.